The number of hydrogen-bond donors (Lipinski definition) is 1. The van der Waals surface area contributed by atoms with Crippen molar-refractivity contribution in [2.75, 3.05) is 0 Å². The third kappa shape index (κ3) is 0.349. The van der Waals surface area contributed by atoms with E-state index in [1.165, 1.54) is 6.42 Å². The van der Waals surface area contributed by atoms with Crippen LogP contribution < -0.4 is 5.32 Å². The van der Waals surface area contributed by atoms with Gasteiger partial charge in [-0.3, -0.25) is 4.79 Å². The molecule has 2 unspecified atom stereocenters. The van der Waals surface area contributed by atoms with Gasteiger partial charge >= 0.3 is 0 Å². The van der Waals surface area contributed by atoms with Gasteiger partial charge in [-0.25, -0.2) is 0 Å². The van der Waals surface area contributed by atoms with Gasteiger partial charge in [0, 0.05) is 6.04 Å². The molecular formula is C8H9NO. The third-order valence-electron chi connectivity index (χ3n) is 3.07. The predicted molar refractivity (Wildman–Crippen MR) is 36.2 cm³/mol. The number of rotatable bonds is 0. The molecule has 0 aromatic rings. The summed E-state index contributed by atoms with van der Waals surface area (Å²) < 4.78 is 0. The minimum Gasteiger partial charge on any atom is -0.352 e. The summed E-state index contributed by atoms with van der Waals surface area (Å²) in [5, 5.41) is 2.95. The van der Waals surface area contributed by atoms with Gasteiger partial charge in [0.1, 0.15) is 0 Å². The lowest BCUT2D eigenvalue weighted by molar-refractivity contribution is -0.135. The minimum atomic E-state index is 0.279. The molecule has 1 saturated carbocycles. The van der Waals surface area contributed by atoms with Crippen molar-refractivity contribution >= 4 is 5.91 Å². The van der Waals surface area contributed by atoms with Crippen LogP contribution in [-0.4, -0.2) is 11.9 Å². The van der Waals surface area contributed by atoms with Crippen molar-refractivity contribution < 1.29 is 4.79 Å². The molecule has 10 heavy (non-hydrogen) atoms. The smallest absolute Gasteiger partial charge is 0.226 e. The van der Waals surface area contributed by atoms with Crippen molar-refractivity contribution in [2.24, 2.45) is 17.8 Å². The zero-order valence-corrected chi connectivity index (χ0v) is 5.58. The van der Waals surface area contributed by atoms with Crippen molar-refractivity contribution in [1.29, 1.82) is 0 Å². The van der Waals surface area contributed by atoms with Crippen molar-refractivity contribution in [3.8, 4) is 0 Å². The zero-order valence-electron chi connectivity index (χ0n) is 5.58. The summed E-state index contributed by atoms with van der Waals surface area (Å²) >= 11 is 0. The van der Waals surface area contributed by atoms with E-state index in [0.29, 0.717) is 23.8 Å². The molecule has 0 radical (unpaired) electrons. The fraction of sp³-hybridized carbons (Fsp3) is 0.625. The largest absolute Gasteiger partial charge is 0.352 e. The summed E-state index contributed by atoms with van der Waals surface area (Å²) in [4.78, 5) is 11.0. The first-order valence-electron chi connectivity index (χ1n) is 3.85. The molecule has 4 atom stereocenters. The maximum Gasteiger partial charge on any atom is 0.226 e. The summed E-state index contributed by atoms with van der Waals surface area (Å²) in [5.41, 5.74) is 0. The summed E-state index contributed by atoms with van der Waals surface area (Å²) in [7, 11) is 0. The van der Waals surface area contributed by atoms with Gasteiger partial charge in [-0.2, -0.15) is 0 Å². The Hall–Kier alpha value is -0.790. The Kier molecular flexibility index (Phi) is 0.636. The molecule has 2 fully saturated rings. The molecule has 2 nitrogen and oxygen atoms in total. The second kappa shape index (κ2) is 1.29. The molecule has 0 aromatic heterocycles. The first-order valence-corrected chi connectivity index (χ1v) is 3.85. The number of carbonyl (C=O) groups excluding carboxylic acids is 1. The average molecular weight is 135 g/mol. The SMILES string of the molecule is O=C1NC2C3C=C[C@@H](C3)[C@@H]12. The molecule has 2 aliphatic carbocycles. The van der Waals surface area contributed by atoms with E-state index in [4.69, 9.17) is 0 Å². The molecule has 3 aliphatic rings. The van der Waals surface area contributed by atoms with E-state index in [9.17, 15) is 4.79 Å². The molecule has 1 saturated heterocycles. The number of amides is 1. The first kappa shape index (κ1) is 4.94. The molecule has 2 heteroatoms. The Balaban J connectivity index is 2.03. The van der Waals surface area contributed by atoms with Crippen LogP contribution in [0.2, 0.25) is 0 Å². The van der Waals surface area contributed by atoms with Crippen LogP contribution in [0.15, 0.2) is 12.2 Å². The van der Waals surface area contributed by atoms with Crippen LogP contribution in [0.5, 0.6) is 0 Å². The summed E-state index contributed by atoms with van der Waals surface area (Å²) in [6.45, 7) is 0. The molecule has 3 rings (SSSR count). The van der Waals surface area contributed by atoms with Gasteiger partial charge in [0.15, 0.2) is 0 Å². The number of β-lactam (4-membered cyclic amide) rings is 1. The van der Waals surface area contributed by atoms with Gasteiger partial charge in [0.2, 0.25) is 5.91 Å². The summed E-state index contributed by atoms with van der Waals surface area (Å²) in [6.07, 6.45) is 5.68. The van der Waals surface area contributed by atoms with Crippen molar-refractivity contribution in [3.63, 3.8) is 0 Å². The van der Waals surface area contributed by atoms with Crippen LogP contribution in [0.3, 0.4) is 0 Å². The van der Waals surface area contributed by atoms with E-state index in [-0.39, 0.29) is 5.91 Å². The number of nitrogens with one attached hydrogen (secondary N) is 1. The second-order valence-corrected chi connectivity index (χ2v) is 3.51. The molecule has 1 aliphatic heterocycles. The normalized spacial score (nSPS) is 54.2. The molecule has 1 amide bonds. The predicted octanol–water partition coefficient (Wildman–Crippen LogP) is 0.307. The number of carbonyl (C=O) groups is 1. The Morgan fingerprint density at radius 1 is 1.40 bits per heavy atom. The standard InChI is InChI=1S/C8H9NO/c10-8-6-4-1-2-5(3-4)7(6)9-8/h1-2,4-7H,3H2,(H,9,10)/t4-,5?,6+,7?/m0/s1. The summed E-state index contributed by atoms with van der Waals surface area (Å²) in [5.74, 6) is 1.90. The molecule has 1 N–H and O–H groups in total. The Labute approximate surface area is 59.3 Å². The van der Waals surface area contributed by atoms with E-state index < -0.39 is 0 Å². The highest BCUT2D eigenvalue weighted by Crippen LogP contribution is 2.47. The highest BCUT2D eigenvalue weighted by molar-refractivity contribution is 5.87. The average Bonchev–Trinajstić information content (AvgIpc) is 2.40. The number of hydrogen-bond acceptors (Lipinski definition) is 1. The molecule has 0 aromatic carbocycles. The van der Waals surface area contributed by atoms with Gasteiger partial charge < -0.3 is 5.32 Å². The van der Waals surface area contributed by atoms with Crippen LogP contribution in [0.4, 0.5) is 0 Å². The lowest BCUT2D eigenvalue weighted by Gasteiger charge is -2.37. The molecular weight excluding hydrogens is 126 g/mol. The number of allylic oxidation sites excluding steroid dienone is 1. The van der Waals surface area contributed by atoms with E-state index in [0.717, 1.165) is 0 Å². The van der Waals surface area contributed by atoms with Crippen molar-refractivity contribution in [2.45, 2.75) is 12.5 Å². The van der Waals surface area contributed by atoms with E-state index in [1.807, 2.05) is 0 Å². The Bertz CT molecular complexity index is 233. The van der Waals surface area contributed by atoms with E-state index in [1.54, 1.807) is 0 Å². The van der Waals surface area contributed by atoms with Crippen LogP contribution in [0.25, 0.3) is 0 Å². The molecule has 2 bridgehead atoms. The Morgan fingerprint density at radius 3 is 2.80 bits per heavy atom. The van der Waals surface area contributed by atoms with E-state index in [2.05, 4.69) is 17.5 Å². The molecule has 52 valence electrons. The van der Waals surface area contributed by atoms with Gasteiger partial charge in [-0.1, -0.05) is 12.2 Å². The highest BCUT2D eigenvalue weighted by atomic mass is 16.2. The van der Waals surface area contributed by atoms with Gasteiger partial charge in [0.25, 0.3) is 0 Å². The maximum absolute atomic E-state index is 11.0. The topological polar surface area (TPSA) is 29.1 Å². The second-order valence-electron chi connectivity index (χ2n) is 3.51. The highest BCUT2D eigenvalue weighted by Gasteiger charge is 2.54. The van der Waals surface area contributed by atoms with Crippen LogP contribution in [0, 0.1) is 17.8 Å². The van der Waals surface area contributed by atoms with Gasteiger partial charge in [-0.15, -0.1) is 0 Å². The van der Waals surface area contributed by atoms with Gasteiger partial charge in [-0.05, 0) is 18.3 Å². The van der Waals surface area contributed by atoms with Crippen LogP contribution in [-0.2, 0) is 4.79 Å². The van der Waals surface area contributed by atoms with E-state index >= 15 is 0 Å². The van der Waals surface area contributed by atoms with Crippen molar-refractivity contribution in [1.82, 2.24) is 5.32 Å². The fourth-order valence-corrected chi connectivity index (χ4v) is 2.54. The summed E-state index contributed by atoms with van der Waals surface area (Å²) in [6, 6.07) is 0.516. The quantitative estimate of drug-likeness (QED) is 0.376. The first-order chi connectivity index (χ1) is 4.86. The van der Waals surface area contributed by atoms with Crippen molar-refractivity contribution in [3.05, 3.63) is 12.2 Å². The molecule has 0 spiro atoms. The zero-order chi connectivity index (χ0) is 6.72. The third-order valence-corrected chi connectivity index (χ3v) is 3.07. The fourth-order valence-electron chi connectivity index (χ4n) is 2.54. The Morgan fingerprint density at radius 2 is 2.20 bits per heavy atom. The lowest BCUT2D eigenvalue weighted by atomic mass is 9.82. The minimum absolute atomic E-state index is 0.279. The van der Waals surface area contributed by atoms with Crippen LogP contribution in [0.1, 0.15) is 6.42 Å². The molecule has 1 heterocycles. The van der Waals surface area contributed by atoms with Crippen LogP contribution >= 0.6 is 0 Å². The monoisotopic (exact) mass is 135 g/mol. The van der Waals surface area contributed by atoms with Gasteiger partial charge in [0.05, 0.1) is 5.92 Å². The number of fused-ring (bicyclic) bond motifs is 5. The maximum atomic E-state index is 11.0. The lowest BCUT2D eigenvalue weighted by Crippen LogP contribution is -2.59.